The van der Waals surface area contributed by atoms with Crippen LogP contribution in [0.2, 0.25) is 0 Å². The lowest BCUT2D eigenvalue weighted by atomic mass is 9.83. The number of nitrogens with zero attached hydrogens (tertiary/aromatic N) is 1. The summed E-state index contributed by atoms with van der Waals surface area (Å²) >= 11 is 0. The van der Waals surface area contributed by atoms with Crippen LogP contribution in [0.1, 0.15) is 31.9 Å². The Labute approximate surface area is 114 Å². The molecule has 3 N–H and O–H groups in total. The van der Waals surface area contributed by atoms with Gasteiger partial charge in [0.15, 0.2) is 0 Å². The fraction of sp³-hybridized carbons (Fsp3) is 0.500. The predicted octanol–water partition coefficient (Wildman–Crippen LogP) is 3.16. The number of anilines is 2. The molecule has 0 aliphatic heterocycles. The Morgan fingerprint density at radius 3 is 2.30 bits per heavy atom. The number of alkyl halides is 3. The Hall–Kier alpha value is -1.99. The lowest BCUT2D eigenvalue weighted by Gasteiger charge is -2.27. The number of aromatic nitrogens is 1. The maximum Gasteiger partial charge on any atom is 0.418 e. The number of rotatable bonds is 1. The second-order valence-electron chi connectivity index (χ2n) is 5.17. The van der Waals surface area contributed by atoms with Gasteiger partial charge in [-0.15, -0.1) is 0 Å². The van der Waals surface area contributed by atoms with Crippen LogP contribution in [-0.2, 0) is 16.3 Å². The summed E-state index contributed by atoms with van der Waals surface area (Å²) in [6, 6.07) is 0. The molecule has 0 atom stereocenters. The van der Waals surface area contributed by atoms with Crippen LogP contribution in [0, 0.1) is 0 Å². The summed E-state index contributed by atoms with van der Waals surface area (Å²) in [4.78, 5) is 14.8. The zero-order chi connectivity index (χ0) is 15.7. The Morgan fingerprint density at radius 1 is 1.35 bits per heavy atom. The van der Waals surface area contributed by atoms with E-state index in [0.29, 0.717) is 6.20 Å². The first-order valence-electron chi connectivity index (χ1n) is 5.69. The summed E-state index contributed by atoms with van der Waals surface area (Å²) in [6.07, 6.45) is -4.85. The second kappa shape index (κ2) is 5.18. The third kappa shape index (κ3) is 3.31. The molecule has 0 saturated heterocycles. The molecule has 0 fully saturated rings. The van der Waals surface area contributed by atoms with E-state index in [1.165, 1.54) is 0 Å². The number of carbonyl (C=O) groups is 1. The number of carbonyl (C=O) groups excluding carboxylic acids is 1. The van der Waals surface area contributed by atoms with Crippen molar-refractivity contribution in [2.45, 2.75) is 32.4 Å². The van der Waals surface area contributed by atoms with E-state index < -0.39 is 23.2 Å². The number of methoxy groups -OCH3 is 1. The van der Waals surface area contributed by atoms with Gasteiger partial charge in [-0.1, -0.05) is 20.8 Å². The molecule has 0 bridgehead atoms. The number of pyridine rings is 1. The summed E-state index contributed by atoms with van der Waals surface area (Å²) in [5, 5.41) is 2.20. The lowest BCUT2D eigenvalue weighted by Crippen LogP contribution is -2.25. The third-order valence-corrected chi connectivity index (χ3v) is 2.58. The van der Waals surface area contributed by atoms with Gasteiger partial charge in [0.1, 0.15) is 5.82 Å². The molecule has 0 aliphatic carbocycles. The van der Waals surface area contributed by atoms with E-state index in [0.717, 1.165) is 7.11 Å². The van der Waals surface area contributed by atoms with Crippen molar-refractivity contribution in [3.05, 3.63) is 17.3 Å². The third-order valence-electron chi connectivity index (χ3n) is 2.58. The van der Waals surface area contributed by atoms with Gasteiger partial charge in [-0.05, 0) is 11.0 Å². The van der Waals surface area contributed by atoms with Crippen LogP contribution in [0.3, 0.4) is 0 Å². The van der Waals surface area contributed by atoms with Crippen molar-refractivity contribution in [3.63, 3.8) is 0 Å². The van der Waals surface area contributed by atoms with Crippen LogP contribution in [0.15, 0.2) is 6.20 Å². The van der Waals surface area contributed by atoms with Crippen molar-refractivity contribution in [1.82, 2.24) is 4.98 Å². The second-order valence-corrected chi connectivity index (χ2v) is 5.17. The van der Waals surface area contributed by atoms with Gasteiger partial charge in [-0.2, -0.15) is 13.2 Å². The average molecular weight is 291 g/mol. The van der Waals surface area contributed by atoms with Crippen LogP contribution in [0.5, 0.6) is 0 Å². The first-order chi connectivity index (χ1) is 8.98. The van der Waals surface area contributed by atoms with Crippen molar-refractivity contribution in [2.75, 3.05) is 18.2 Å². The van der Waals surface area contributed by atoms with Gasteiger partial charge in [0.05, 0.1) is 18.4 Å². The van der Waals surface area contributed by atoms with Crippen molar-refractivity contribution in [1.29, 1.82) is 0 Å². The molecule has 0 spiro atoms. The van der Waals surface area contributed by atoms with E-state index in [4.69, 9.17) is 5.73 Å². The molecule has 0 radical (unpaired) electrons. The molecular weight excluding hydrogens is 275 g/mol. The van der Waals surface area contributed by atoms with E-state index in [1.54, 1.807) is 20.8 Å². The quantitative estimate of drug-likeness (QED) is 0.833. The van der Waals surface area contributed by atoms with Gasteiger partial charge in [0.25, 0.3) is 0 Å². The Morgan fingerprint density at radius 2 is 1.90 bits per heavy atom. The smallest absolute Gasteiger partial charge is 0.418 e. The fourth-order valence-corrected chi connectivity index (χ4v) is 1.80. The molecule has 1 aromatic heterocycles. The molecule has 112 valence electrons. The zero-order valence-electron chi connectivity index (χ0n) is 11.6. The normalized spacial score (nSPS) is 12.2. The maximum atomic E-state index is 13.1. The highest BCUT2D eigenvalue weighted by atomic mass is 19.4. The number of nitrogens with one attached hydrogen (secondary N) is 1. The number of ether oxygens (including phenoxy) is 1. The molecule has 1 heterocycles. The molecule has 1 rings (SSSR count). The summed E-state index contributed by atoms with van der Waals surface area (Å²) in [5.41, 5.74) is 3.42. The summed E-state index contributed by atoms with van der Waals surface area (Å²) in [5.74, 6) is -0.201. The molecule has 8 heteroatoms. The van der Waals surface area contributed by atoms with Gasteiger partial charge in [0.2, 0.25) is 0 Å². The highest BCUT2D eigenvalue weighted by Gasteiger charge is 2.39. The van der Waals surface area contributed by atoms with E-state index in [1.807, 2.05) is 0 Å². The Bertz CT molecular complexity index is 522. The minimum Gasteiger partial charge on any atom is -0.453 e. The summed E-state index contributed by atoms with van der Waals surface area (Å²) < 4.78 is 43.6. The molecule has 0 saturated carbocycles. The van der Waals surface area contributed by atoms with Crippen molar-refractivity contribution >= 4 is 17.6 Å². The molecule has 0 unspecified atom stereocenters. The lowest BCUT2D eigenvalue weighted by molar-refractivity contribution is -0.138. The molecule has 0 aliphatic rings. The SMILES string of the molecule is COC(=O)Nc1c(N)ncc(C(F)(F)F)c1C(C)(C)C. The molecule has 1 amide bonds. The van der Waals surface area contributed by atoms with Crippen LogP contribution in [0.25, 0.3) is 0 Å². The highest BCUT2D eigenvalue weighted by Crippen LogP contribution is 2.42. The minimum atomic E-state index is -4.60. The standard InChI is InChI=1S/C12H16F3N3O2/c1-11(2,3)7-6(12(13,14)15)5-17-9(16)8(7)18-10(19)20-4/h5H,1-4H3,(H2,16,17)(H,18,19). The number of nitrogen functional groups attached to an aromatic ring is 1. The van der Waals surface area contributed by atoms with Crippen LogP contribution < -0.4 is 11.1 Å². The number of nitrogens with two attached hydrogens (primary N) is 1. The molecule has 1 aromatic rings. The van der Waals surface area contributed by atoms with E-state index in [9.17, 15) is 18.0 Å². The van der Waals surface area contributed by atoms with Crippen LogP contribution in [-0.4, -0.2) is 18.2 Å². The minimum absolute atomic E-state index is 0.136. The Kier molecular flexibility index (Phi) is 4.16. The summed E-state index contributed by atoms with van der Waals surface area (Å²) in [6.45, 7) is 4.75. The van der Waals surface area contributed by atoms with Crippen LogP contribution >= 0.6 is 0 Å². The van der Waals surface area contributed by atoms with E-state index >= 15 is 0 Å². The van der Waals surface area contributed by atoms with Crippen molar-refractivity contribution < 1.29 is 22.7 Å². The van der Waals surface area contributed by atoms with E-state index in [2.05, 4.69) is 15.0 Å². The largest absolute Gasteiger partial charge is 0.453 e. The van der Waals surface area contributed by atoms with Crippen LogP contribution in [0.4, 0.5) is 29.5 Å². The monoisotopic (exact) mass is 291 g/mol. The number of halogens is 3. The van der Waals surface area contributed by atoms with Gasteiger partial charge in [-0.3, -0.25) is 5.32 Å². The first-order valence-corrected chi connectivity index (χ1v) is 5.69. The Balaban J connectivity index is 3.60. The topological polar surface area (TPSA) is 77.2 Å². The molecule has 0 aromatic carbocycles. The van der Waals surface area contributed by atoms with E-state index in [-0.39, 0.29) is 17.1 Å². The maximum absolute atomic E-state index is 13.1. The van der Waals surface area contributed by atoms with Crippen molar-refractivity contribution in [3.8, 4) is 0 Å². The first kappa shape index (κ1) is 16.1. The van der Waals surface area contributed by atoms with Crippen molar-refractivity contribution in [2.24, 2.45) is 0 Å². The number of hydrogen-bond acceptors (Lipinski definition) is 4. The van der Waals surface area contributed by atoms with Gasteiger partial charge in [-0.25, -0.2) is 9.78 Å². The van der Waals surface area contributed by atoms with Gasteiger partial charge < -0.3 is 10.5 Å². The average Bonchev–Trinajstić information content (AvgIpc) is 2.28. The predicted molar refractivity (Wildman–Crippen MR) is 68.4 cm³/mol. The summed E-state index contributed by atoms with van der Waals surface area (Å²) in [7, 11) is 1.10. The number of amides is 1. The highest BCUT2D eigenvalue weighted by molar-refractivity contribution is 5.90. The molecule has 20 heavy (non-hydrogen) atoms. The molecule has 5 nitrogen and oxygen atoms in total. The fourth-order valence-electron chi connectivity index (χ4n) is 1.80. The van der Waals surface area contributed by atoms with Gasteiger partial charge >= 0.3 is 12.3 Å². The molecular formula is C12H16F3N3O2. The number of hydrogen-bond donors (Lipinski definition) is 2. The zero-order valence-corrected chi connectivity index (χ0v) is 11.6. The van der Waals surface area contributed by atoms with Gasteiger partial charge in [0, 0.05) is 6.20 Å².